The number of aromatic amines is 1. The molecule has 0 aromatic carbocycles. The Labute approximate surface area is 85.1 Å². The molecule has 78 valence electrons. The van der Waals surface area contributed by atoms with Gasteiger partial charge in [0.25, 0.3) is 0 Å². The van der Waals surface area contributed by atoms with Gasteiger partial charge in [-0.1, -0.05) is 20.8 Å². The van der Waals surface area contributed by atoms with Gasteiger partial charge in [0.2, 0.25) is 0 Å². The molecule has 0 aliphatic heterocycles. The lowest BCUT2D eigenvalue weighted by molar-refractivity contribution is 0.491. The van der Waals surface area contributed by atoms with Crippen LogP contribution >= 0.6 is 0 Å². The Kier molecular flexibility index (Phi) is 2.35. The van der Waals surface area contributed by atoms with Gasteiger partial charge in [-0.05, 0) is 18.8 Å². The number of aromatic nitrogens is 2. The van der Waals surface area contributed by atoms with Gasteiger partial charge in [0.15, 0.2) is 0 Å². The second kappa shape index (κ2) is 3.39. The zero-order valence-electron chi connectivity index (χ0n) is 9.17. The summed E-state index contributed by atoms with van der Waals surface area (Å²) in [5, 5.41) is 0. The quantitative estimate of drug-likeness (QED) is 0.756. The number of rotatable bonds is 2. The number of hydrogen-bond donors (Lipinski definition) is 2. The third-order valence-electron chi connectivity index (χ3n) is 3.16. The van der Waals surface area contributed by atoms with Gasteiger partial charge in [0.05, 0.1) is 11.7 Å². The summed E-state index contributed by atoms with van der Waals surface area (Å²) in [6.07, 6.45) is 2.36. The van der Waals surface area contributed by atoms with E-state index in [9.17, 15) is 0 Å². The lowest BCUT2D eigenvalue weighted by atomic mass is 10.1. The third-order valence-corrected chi connectivity index (χ3v) is 3.16. The average molecular weight is 193 g/mol. The Morgan fingerprint density at radius 3 is 2.79 bits per heavy atom. The molecular formula is C11H19N3. The topological polar surface area (TPSA) is 54.7 Å². The molecule has 1 heterocycles. The van der Waals surface area contributed by atoms with E-state index >= 15 is 0 Å². The van der Waals surface area contributed by atoms with E-state index in [1.165, 1.54) is 17.8 Å². The monoisotopic (exact) mass is 193 g/mol. The van der Waals surface area contributed by atoms with E-state index in [0.717, 1.165) is 12.2 Å². The molecule has 2 unspecified atom stereocenters. The summed E-state index contributed by atoms with van der Waals surface area (Å²) in [7, 11) is 0. The first-order valence-electron chi connectivity index (χ1n) is 5.44. The fraction of sp³-hybridized carbons (Fsp3) is 0.727. The van der Waals surface area contributed by atoms with Crippen LogP contribution in [-0.2, 0) is 6.42 Å². The molecule has 0 bridgehead atoms. The molecule has 0 amide bonds. The Morgan fingerprint density at radius 1 is 1.50 bits per heavy atom. The molecule has 1 aromatic heterocycles. The second-order valence-electron chi connectivity index (χ2n) is 4.70. The van der Waals surface area contributed by atoms with Crippen molar-refractivity contribution in [1.82, 2.24) is 9.97 Å². The largest absolute Gasteiger partial charge is 0.344 e. The number of imidazole rings is 1. The number of H-pyrrole nitrogens is 1. The molecule has 2 rings (SSSR count). The molecule has 0 fully saturated rings. The highest BCUT2D eigenvalue weighted by molar-refractivity contribution is 5.25. The van der Waals surface area contributed by atoms with Gasteiger partial charge >= 0.3 is 0 Å². The highest BCUT2D eigenvalue weighted by Crippen LogP contribution is 2.32. The Hall–Kier alpha value is -0.830. The SMILES string of the molecule is CC1CCc2[nH]c(C(N)C(C)C)nc21. The molecule has 0 saturated carbocycles. The van der Waals surface area contributed by atoms with Crippen LogP contribution < -0.4 is 5.73 Å². The smallest absolute Gasteiger partial charge is 0.123 e. The number of nitrogens with two attached hydrogens (primary N) is 1. The summed E-state index contributed by atoms with van der Waals surface area (Å²) in [4.78, 5) is 7.98. The first-order valence-corrected chi connectivity index (χ1v) is 5.44. The fourth-order valence-corrected chi connectivity index (χ4v) is 2.01. The van der Waals surface area contributed by atoms with Crippen molar-refractivity contribution in [1.29, 1.82) is 0 Å². The van der Waals surface area contributed by atoms with E-state index in [2.05, 4.69) is 30.7 Å². The summed E-state index contributed by atoms with van der Waals surface area (Å²) < 4.78 is 0. The number of nitrogens with one attached hydrogen (secondary N) is 1. The predicted octanol–water partition coefficient (Wildman–Crippen LogP) is 2.12. The summed E-state index contributed by atoms with van der Waals surface area (Å²) >= 11 is 0. The molecule has 14 heavy (non-hydrogen) atoms. The molecule has 3 N–H and O–H groups in total. The van der Waals surface area contributed by atoms with Gasteiger partial charge in [0, 0.05) is 11.6 Å². The number of fused-ring (bicyclic) bond motifs is 1. The van der Waals surface area contributed by atoms with Gasteiger partial charge in [-0.3, -0.25) is 0 Å². The van der Waals surface area contributed by atoms with E-state index < -0.39 is 0 Å². The maximum Gasteiger partial charge on any atom is 0.123 e. The minimum absolute atomic E-state index is 0.0489. The normalized spacial score (nSPS) is 22.8. The molecular weight excluding hydrogens is 174 g/mol. The number of nitrogens with zero attached hydrogens (tertiary/aromatic N) is 1. The van der Waals surface area contributed by atoms with Crippen LogP contribution in [0, 0.1) is 5.92 Å². The van der Waals surface area contributed by atoms with Crippen LogP contribution in [0.25, 0.3) is 0 Å². The third kappa shape index (κ3) is 1.46. The minimum atomic E-state index is 0.0489. The second-order valence-corrected chi connectivity index (χ2v) is 4.70. The van der Waals surface area contributed by atoms with Gasteiger partial charge in [0.1, 0.15) is 5.82 Å². The average Bonchev–Trinajstić information content (AvgIpc) is 2.67. The van der Waals surface area contributed by atoms with Crippen molar-refractivity contribution in [2.75, 3.05) is 0 Å². The molecule has 1 aromatic rings. The van der Waals surface area contributed by atoms with Crippen molar-refractivity contribution in [3.05, 3.63) is 17.2 Å². The maximum absolute atomic E-state index is 6.05. The van der Waals surface area contributed by atoms with Crippen LogP contribution in [0.15, 0.2) is 0 Å². The van der Waals surface area contributed by atoms with E-state index in [1.54, 1.807) is 0 Å². The van der Waals surface area contributed by atoms with Crippen molar-refractivity contribution in [3.63, 3.8) is 0 Å². The van der Waals surface area contributed by atoms with Crippen molar-refractivity contribution in [2.24, 2.45) is 11.7 Å². The molecule has 3 nitrogen and oxygen atoms in total. The Morgan fingerprint density at radius 2 is 2.21 bits per heavy atom. The standard InChI is InChI=1S/C11H19N3/c1-6(2)9(12)11-13-8-5-4-7(3)10(8)14-11/h6-7,9H,4-5,12H2,1-3H3,(H,13,14). The van der Waals surface area contributed by atoms with Gasteiger partial charge in [-0.2, -0.15) is 0 Å². The first-order chi connectivity index (χ1) is 6.59. The molecule has 0 saturated heterocycles. The molecule has 2 atom stereocenters. The fourth-order valence-electron chi connectivity index (χ4n) is 2.01. The van der Waals surface area contributed by atoms with Crippen LogP contribution in [-0.4, -0.2) is 9.97 Å². The van der Waals surface area contributed by atoms with Gasteiger partial charge < -0.3 is 10.7 Å². The number of aryl methyl sites for hydroxylation is 1. The Balaban J connectivity index is 2.26. The summed E-state index contributed by atoms with van der Waals surface area (Å²) in [5.41, 5.74) is 8.61. The summed E-state index contributed by atoms with van der Waals surface area (Å²) in [6.45, 7) is 6.49. The summed E-state index contributed by atoms with van der Waals surface area (Å²) in [6, 6.07) is 0.0489. The van der Waals surface area contributed by atoms with Crippen molar-refractivity contribution in [3.8, 4) is 0 Å². The molecule has 0 radical (unpaired) electrons. The zero-order chi connectivity index (χ0) is 10.3. The van der Waals surface area contributed by atoms with Crippen LogP contribution in [0.5, 0.6) is 0 Å². The molecule has 1 aliphatic carbocycles. The van der Waals surface area contributed by atoms with E-state index in [-0.39, 0.29) is 6.04 Å². The van der Waals surface area contributed by atoms with Crippen molar-refractivity contribution in [2.45, 2.75) is 45.6 Å². The molecule has 1 aliphatic rings. The van der Waals surface area contributed by atoms with Crippen LogP contribution in [0.4, 0.5) is 0 Å². The van der Waals surface area contributed by atoms with Crippen LogP contribution in [0.2, 0.25) is 0 Å². The van der Waals surface area contributed by atoms with Gasteiger partial charge in [-0.15, -0.1) is 0 Å². The maximum atomic E-state index is 6.05. The van der Waals surface area contributed by atoms with E-state index in [0.29, 0.717) is 11.8 Å². The predicted molar refractivity (Wildman–Crippen MR) is 57.1 cm³/mol. The van der Waals surface area contributed by atoms with Crippen LogP contribution in [0.1, 0.15) is 56.4 Å². The lowest BCUT2D eigenvalue weighted by Crippen LogP contribution is -2.18. The summed E-state index contributed by atoms with van der Waals surface area (Å²) in [5.74, 6) is 2.02. The van der Waals surface area contributed by atoms with E-state index in [4.69, 9.17) is 5.73 Å². The highest BCUT2D eigenvalue weighted by Gasteiger charge is 2.25. The van der Waals surface area contributed by atoms with E-state index in [1.807, 2.05) is 0 Å². The van der Waals surface area contributed by atoms with Crippen molar-refractivity contribution < 1.29 is 0 Å². The highest BCUT2D eigenvalue weighted by atomic mass is 15.0. The van der Waals surface area contributed by atoms with Gasteiger partial charge in [-0.25, -0.2) is 4.98 Å². The lowest BCUT2D eigenvalue weighted by Gasteiger charge is -2.12. The molecule has 3 heteroatoms. The number of hydrogen-bond acceptors (Lipinski definition) is 2. The van der Waals surface area contributed by atoms with Crippen molar-refractivity contribution >= 4 is 0 Å². The molecule has 0 spiro atoms. The minimum Gasteiger partial charge on any atom is -0.344 e. The van der Waals surface area contributed by atoms with Crippen LogP contribution in [0.3, 0.4) is 0 Å². The Bertz CT molecular complexity index is 327. The first kappa shape index (κ1) is 9.71. The zero-order valence-corrected chi connectivity index (χ0v) is 9.17.